The molecule has 4 heteroatoms. The minimum absolute atomic E-state index is 0.311. The molecule has 2 saturated carbocycles. The molecule has 0 radical (unpaired) electrons. The van der Waals surface area contributed by atoms with E-state index in [1.54, 1.807) is 12.4 Å². The maximum absolute atomic E-state index is 6.17. The smallest absolute Gasteiger partial charge is 0.139 e. The Morgan fingerprint density at radius 2 is 2.11 bits per heavy atom. The standard InChI is InChI=1S/C15H21ClN2O/c1-17-13-8-14(15(13)5-3-2-4-6-15)19-12-7-11(16)9-18-10-12/h7,9-10,13-14,17H,2-6,8H2,1H3. The van der Waals surface area contributed by atoms with Gasteiger partial charge in [0.2, 0.25) is 0 Å². The third-order valence-electron chi connectivity index (χ3n) is 4.88. The fourth-order valence-electron chi connectivity index (χ4n) is 3.82. The van der Waals surface area contributed by atoms with Gasteiger partial charge in [0.05, 0.1) is 11.2 Å². The molecule has 19 heavy (non-hydrogen) atoms. The molecule has 0 aromatic carbocycles. The Labute approximate surface area is 119 Å². The molecule has 0 amide bonds. The van der Waals surface area contributed by atoms with Gasteiger partial charge >= 0.3 is 0 Å². The molecular weight excluding hydrogens is 260 g/mol. The maximum atomic E-state index is 6.17. The molecule has 0 bridgehead atoms. The zero-order valence-electron chi connectivity index (χ0n) is 11.4. The van der Waals surface area contributed by atoms with Crippen LogP contribution in [0.3, 0.4) is 0 Å². The van der Waals surface area contributed by atoms with E-state index in [4.69, 9.17) is 16.3 Å². The number of aromatic nitrogens is 1. The van der Waals surface area contributed by atoms with Gasteiger partial charge in [-0.1, -0.05) is 30.9 Å². The summed E-state index contributed by atoms with van der Waals surface area (Å²) < 4.78 is 6.17. The number of hydrogen-bond acceptors (Lipinski definition) is 3. The van der Waals surface area contributed by atoms with E-state index < -0.39 is 0 Å². The van der Waals surface area contributed by atoms with Crippen molar-refractivity contribution in [2.24, 2.45) is 5.41 Å². The van der Waals surface area contributed by atoms with Gasteiger partial charge in [0.1, 0.15) is 11.9 Å². The monoisotopic (exact) mass is 280 g/mol. The summed E-state index contributed by atoms with van der Waals surface area (Å²) in [5.74, 6) is 0.803. The first kappa shape index (κ1) is 13.2. The van der Waals surface area contributed by atoms with Crippen molar-refractivity contribution in [3.05, 3.63) is 23.5 Å². The molecular formula is C15H21ClN2O. The minimum Gasteiger partial charge on any atom is -0.488 e. The predicted molar refractivity (Wildman–Crippen MR) is 76.6 cm³/mol. The van der Waals surface area contributed by atoms with Crippen molar-refractivity contribution in [3.63, 3.8) is 0 Å². The van der Waals surface area contributed by atoms with Crippen LogP contribution in [0.2, 0.25) is 5.02 Å². The molecule has 1 spiro atoms. The summed E-state index contributed by atoms with van der Waals surface area (Å²) in [5.41, 5.74) is 0.329. The van der Waals surface area contributed by atoms with Gasteiger partial charge < -0.3 is 10.1 Å². The third-order valence-corrected chi connectivity index (χ3v) is 5.08. The molecule has 1 aromatic rings. The molecule has 1 N–H and O–H groups in total. The Morgan fingerprint density at radius 1 is 1.32 bits per heavy atom. The van der Waals surface area contributed by atoms with Crippen LogP contribution in [0.5, 0.6) is 5.75 Å². The highest BCUT2D eigenvalue weighted by atomic mass is 35.5. The number of ether oxygens (including phenoxy) is 1. The van der Waals surface area contributed by atoms with Crippen LogP contribution in [-0.4, -0.2) is 24.2 Å². The van der Waals surface area contributed by atoms with Crippen LogP contribution in [0.15, 0.2) is 18.5 Å². The Bertz CT molecular complexity index is 446. The molecule has 2 unspecified atom stereocenters. The predicted octanol–water partition coefficient (Wildman–Crippen LogP) is 3.42. The highest BCUT2D eigenvalue weighted by Gasteiger charge is 2.55. The summed E-state index contributed by atoms with van der Waals surface area (Å²) in [5, 5.41) is 4.11. The Morgan fingerprint density at radius 3 is 2.79 bits per heavy atom. The summed E-state index contributed by atoms with van der Waals surface area (Å²) in [6.07, 6.45) is 11.4. The van der Waals surface area contributed by atoms with Gasteiger partial charge in [-0.3, -0.25) is 4.98 Å². The molecule has 3 rings (SSSR count). The average Bonchev–Trinajstić information content (AvgIpc) is 2.44. The molecule has 1 aromatic heterocycles. The van der Waals surface area contributed by atoms with Crippen LogP contribution in [0.4, 0.5) is 0 Å². The maximum Gasteiger partial charge on any atom is 0.139 e. The molecule has 104 valence electrons. The molecule has 3 nitrogen and oxygen atoms in total. The SMILES string of the molecule is CNC1CC(Oc2cncc(Cl)c2)C12CCCCC2. The summed E-state index contributed by atoms with van der Waals surface area (Å²) >= 11 is 5.97. The van der Waals surface area contributed by atoms with Gasteiger partial charge in [0.25, 0.3) is 0 Å². The zero-order valence-corrected chi connectivity index (χ0v) is 12.1. The van der Waals surface area contributed by atoms with Gasteiger partial charge in [0.15, 0.2) is 0 Å². The number of pyridine rings is 1. The van der Waals surface area contributed by atoms with Crippen molar-refractivity contribution in [2.45, 2.75) is 50.7 Å². The van der Waals surface area contributed by atoms with E-state index in [0.717, 1.165) is 12.2 Å². The van der Waals surface area contributed by atoms with Crippen LogP contribution in [-0.2, 0) is 0 Å². The molecule has 0 aliphatic heterocycles. The van der Waals surface area contributed by atoms with Gasteiger partial charge in [-0.05, 0) is 19.9 Å². The number of rotatable bonds is 3. The summed E-state index contributed by atoms with van der Waals surface area (Å²) in [6, 6.07) is 2.46. The lowest BCUT2D eigenvalue weighted by molar-refractivity contribution is -0.101. The Kier molecular flexibility index (Phi) is 3.68. The number of nitrogens with one attached hydrogen (secondary N) is 1. The van der Waals surface area contributed by atoms with Crippen LogP contribution >= 0.6 is 11.6 Å². The summed E-state index contributed by atoms with van der Waals surface area (Å²) in [7, 11) is 2.07. The van der Waals surface area contributed by atoms with Gasteiger partial charge in [-0.25, -0.2) is 0 Å². The first-order valence-electron chi connectivity index (χ1n) is 7.19. The van der Waals surface area contributed by atoms with Crippen molar-refractivity contribution >= 4 is 11.6 Å². The first-order valence-corrected chi connectivity index (χ1v) is 7.57. The third kappa shape index (κ3) is 2.34. The van der Waals surface area contributed by atoms with E-state index in [1.165, 1.54) is 32.1 Å². The molecule has 2 aliphatic carbocycles. The molecule has 2 aliphatic rings. The molecule has 0 saturated heterocycles. The van der Waals surface area contributed by atoms with Crippen LogP contribution in [0, 0.1) is 5.41 Å². The van der Waals surface area contributed by atoms with E-state index >= 15 is 0 Å². The zero-order chi connectivity index (χ0) is 13.3. The van der Waals surface area contributed by atoms with E-state index in [2.05, 4.69) is 17.3 Å². The Hall–Kier alpha value is -0.800. The van der Waals surface area contributed by atoms with Gasteiger partial charge in [0, 0.05) is 30.1 Å². The van der Waals surface area contributed by atoms with E-state index in [0.29, 0.717) is 22.6 Å². The van der Waals surface area contributed by atoms with Crippen LogP contribution in [0.1, 0.15) is 38.5 Å². The lowest BCUT2D eigenvalue weighted by Gasteiger charge is -2.57. The van der Waals surface area contributed by atoms with Crippen LogP contribution in [0.25, 0.3) is 0 Å². The highest BCUT2D eigenvalue weighted by Crippen LogP contribution is 2.53. The minimum atomic E-state index is 0.311. The molecule has 2 atom stereocenters. The number of halogens is 1. The first-order chi connectivity index (χ1) is 9.24. The van der Waals surface area contributed by atoms with Crippen molar-refractivity contribution in [2.75, 3.05) is 7.05 Å². The Balaban J connectivity index is 1.74. The van der Waals surface area contributed by atoms with Crippen molar-refractivity contribution < 1.29 is 4.74 Å². The normalized spacial score (nSPS) is 28.9. The van der Waals surface area contributed by atoms with Gasteiger partial charge in [-0.15, -0.1) is 0 Å². The number of hydrogen-bond donors (Lipinski definition) is 1. The van der Waals surface area contributed by atoms with Crippen LogP contribution < -0.4 is 10.1 Å². The second kappa shape index (κ2) is 5.29. The van der Waals surface area contributed by atoms with Crippen molar-refractivity contribution in [3.8, 4) is 5.75 Å². The molecule has 1 heterocycles. The number of nitrogens with zero attached hydrogens (tertiary/aromatic N) is 1. The van der Waals surface area contributed by atoms with E-state index in [-0.39, 0.29) is 0 Å². The fourth-order valence-corrected chi connectivity index (χ4v) is 3.98. The van der Waals surface area contributed by atoms with E-state index in [1.807, 2.05) is 6.07 Å². The summed E-state index contributed by atoms with van der Waals surface area (Å²) in [6.45, 7) is 0. The van der Waals surface area contributed by atoms with Crippen molar-refractivity contribution in [1.82, 2.24) is 10.3 Å². The largest absolute Gasteiger partial charge is 0.488 e. The lowest BCUT2D eigenvalue weighted by atomic mass is 9.55. The fraction of sp³-hybridized carbons (Fsp3) is 0.667. The quantitative estimate of drug-likeness (QED) is 0.921. The second-order valence-corrected chi connectivity index (χ2v) is 6.25. The topological polar surface area (TPSA) is 34.1 Å². The van der Waals surface area contributed by atoms with Crippen molar-refractivity contribution in [1.29, 1.82) is 0 Å². The van der Waals surface area contributed by atoms with E-state index in [9.17, 15) is 0 Å². The second-order valence-electron chi connectivity index (χ2n) is 5.82. The molecule has 2 fully saturated rings. The van der Waals surface area contributed by atoms with Gasteiger partial charge in [-0.2, -0.15) is 0 Å². The lowest BCUT2D eigenvalue weighted by Crippen LogP contribution is -2.64. The summed E-state index contributed by atoms with van der Waals surface area (Å²) in [4.78, 5) is 4.10. The highest BCUT2D eigenvalue weighted by molar-refractivity contribution is 6.30. The average molecular weight is 281 g/mol.